The van der Waals surface area contributed by atoms with Gasteiger partial charge in [-0.3, -0.25) is 6.08 Å². The Bertz CT molecular complexity index is 628. The Labute approximate surface area is 181 Å². The smallest absolute Gasteiger partial charge is 0.370 e. The van der Waals surface area contributed by atoms with Crippen LogP contribution in [0.3, 0.4) is 0 Å². The maximum absolute atomic E-state index is 11.8. The molecule has 0 spiro atoms. The molecule has 162 valence electrons. The molecule has 0 radical (unpaired) electrons. The standard InChI is InChI=1S/C8H11.2C7H4F3.Pt/c1-2-4-6-8-7-5-3-1;2*8-7(9,10)6-4-2-1-3-5-6;/h1-2,7H,3-6H2;2*1-2,4-5H;/q3*-1;. The first-order valence-corrected chi connectivity index (χ1v) is 8.48. The largest absolute Gasteiger partial charge is 0.500 e. The van der Waals surface area contributed by atoms with Gasteiger partial charge in [-0.2, -0.15) is 93.4 Å². The summed E-state index contributed by atoms with van der Waals surface area (Å²) in [4.78, 5) is 0. The van der Waals surface area contributed by atoms with Crippen LogP contribution in [0.2, 0.25) is 0 Å². The summed E-state index contributed by atoms with van der Waals surface area (Å²) in [6.07, 6.45) is 6.02. The van der Waals surface area contributed by atoms with Crippen molar-refractivity contribution in [2.24, 2.45) is 0 Å². The van der Waals surface area contributed by atoms with Crippen molar-refractivity contribution in [1.82, 2.24) is 0 Å². The van der Waals surface area contributed by atoms with E-state index in [9.17, 15) is 26.3 Å². The molecule has 0 saturated carbocycles. The van der Waals surface area contributed by atoms with Crippen LogP contribution in [0.15, 0.2) is 66.8 Å². The van der Waals surface area contributed by atoms with Gasteiger partial charge in [-0.15, -0.1) is 0 Å². The molecule has 1 aliphatic carbocycles. The van der Waals surface area contributed by atoms with Crippen LogP contribution in [-0.4, -0.2) is 0 Å². The zero-order chi connectivity index (χ0) is 20.9. The number of hydrogen-bond acceptors (Lipinski definition) is 0. The van der Waals surface area contributed by atoms with Crippen LogP contribution >= 0.6 is 0 Å². The number of allylic oxidation sites excluding steroid dienone is 4. The van der Waals surface area contributed by atoms with E-state index in [4.69, 9.17) is 0 Å². The van der Waals surface area contributed by atoms with Crippen molar-refractivity contribution in [1.29, 1.82) is 0 Å². The third-order valence-corrected chi connectivity index (χ3v) is 3.31. The van der Waals surface area contributed by atoms with Gasteiger partial charge in [0.2, 0.25) is 0 Å². The van der Waals surface area contributed by atoms with Gasteiger partial charge in [-0.25, -0.2) is 0 Å². The maximum Gasteiger partial charge on any atom is 0.370 e. The fraction of sp³-hybridized carbons (Fsp3) is 0.273. The SMILES string of the molecule is FC(F)(F)c1c[c-]ccc1.FC(F)(F)c1c[c-]ccc1.[C-]1=CCCC=CCC1.[Pt]. The van der Waals surface area contributed by atoms with Crippen LogP contribution in [0.1, 0.15) is 36.8 Å². The van der Waals surface area contributed by atoms with E-state index in [2.05, 4.69) is 36.4 Å². The first-order valence-electron chi connectivity index (χ1n) is 8.48. The second kappa shape index (κ2) is 14.2. The molecule has 1 aliphatic rings. The Morgan fingerprint density at radius 2 is 1.17 bits per heavy atom. The molecular weight excluding hydrogens is 573 g/mol. The molecule has 0 atom stereocenters. The van der Waals surface area contributed by atoms with Crippen molar-refractivity contribution >= 4 is 0 Å². The predicted octanol–water partition coefficient (Wildman–Crippen LogP) is 7.48. The normalized spacial score (nSPS) is 13.4. The van der Waals surface area contributed by atoms with E-state index >= 15 is 0 Å². The van der Waals surface area contributed by atoms with Crippen LogP contribution in [0.5, 0.6) is 0 Å². The number of alkyl halides is 6. The van der Waals surface area contributed by atoms with E-state index < -0.39 is 23.5 Å². The van der Waals surface area contributed by atoms with Crippen LogP contribution in [0, 0.1) is 18.2 Å². The van der Waals surface area contributed by atoms with Crippen LogP contribution < -0.4 is 0 Å². The number of hydrogen-bond donors (Lipinski definition) is 0. The van der Waals surface area contributed by atoms with Crippen molar-refractivity contribution in [3.63, 3.8) is 0 Å². The van der Waals surface area contributed by atoms with E-state index in [0.717, 1.165) is 30.7 Å². The fourth-order valence-corrected chi connectivity index (χ4v) is 1.93. The van der Waals surface area contributed by atoms with Gasteiger partial charge in [0.1, 0.15) is 0 Å². The van der Waals surface area contributed by atoms with E-state index in [0.29, 0.717) is 0 Å². The molecule has 0 aliphatic heterocycles. The quantitative estimate of drug-likeness (QED) is 0.169. The summed E-state index contributed by atoms with van der Waals surface area (Å²) < 4.78 is 70.6. The molecule has 7 heteroatoms. The van der Waals surface area contributed by atoms with Gasteiger partial charge in [-0.1, -0.05) is 36.1 Å². The summed E-state index contributed by atoms with van der Waals surface area (Å²) >= 11 is 0. The Kier molecular flexibility index (Phi) is 13.3. The van der Waals surface area contributed by atoms with Crippen molar-refractivity contribution in [2.75, 3.05) is 0 Å². The van der Waals surface area contributed by atoms with Gasteiger partial charge >= 0.3 is 12.4 Å². The molecular formula is C22H19F6Pt-3. The van der Waals surface area contributed by atoms with Crippen LogP contribution in [0.4, 0.5) is 26.3 Å². The number of rotatable bonds is 0. The van der Waals surface area contributed by atoms with Gasteiger partial charge in [0, 0.05) is 21.1 Å². The van der Waals surface area contributed by atoms with Crippen molar-refractivity contribution in [2.45, 2.75) is 38.0 Å². The summed E-state index contributed by atoms with van der Waals surface area (Å²) in [6, 6.07) is 14.0. The van der Waals surface area contributed by atoms with Crippen molar-refractivity contribution in [3.05, 3.63) is 96.1 Å². The Morgan fingerprint density at radius 3 is 1.55 bits per heavy atom. The van der Waals surface area contributed by atoms with Gasteiger partial charge in [-0.05, 0) is 6.42 Å². The third kappa shape index (κ3) is 13.1. The maximum atomic E-state index is 11.8. The number of halogens is 6. The third-order valence-electron chi connectivity index (χ3n) is 3.31. The first kappa shape index (κ1) is 27.2. The molecule has 0 N–H and O–H groups in total. The average Bonchev–Trinajstić information content (AvgIpc) is 2.62. The Balaban J connectivity index is 0.000000401. The molecule has 3 rings (SSSR count). The van der Waals surface area contributed by atoms with Crippen molar-refractivity contribution in [3.8, 4) is 0 Å². The van der Waals surface area contributed by atoms with Gasteiger partial charge in [0.15, 0.2) is 0 Å². The molecule has 0 amide bonds. The monoisotopic (exact) mass is 592 g/mol. The summed E-state index contributed by atoms with van der Waals surface area (Å²) in [5.41, 5.74) is -1.31. The minimum absolute atomic E-state index is 0. The van der Waals surface area contributed by atoms with Gasteiger partial charge in [0.25, 0.3) is 0 Å². The topological polar surface area (TPSA) is 0 Å². The number of benzene rings is 2. The zero-order valence-corrected chi connectivity index (χ0v) is 17.5. The predicted molar refractivity (Wildman–Crippen MR) is 96.0 cm³/mol. The molecule has 0 unspecified atom stereocenters. The van der Waals surface area contributed by atoms with E-state index in [-0.39, 0.29) is 21.1 Å². The Hall–Kier alpha value is -1.81. The molecule has 0 heterocycles. The van der Waals surface area contributed by atoms with Gasteiger partial charge < -0.3 is 6.08 Å². The fourth-order valence-electron chi connectivity index (χ4n) is 1.93. The van der Waals surface area contributed by atoms with Crippen molar-refractivity contribution < 1.29 is 47.4 Å². The molecule has 2 aromatic carbocycles. The summed E-state index contributed by atoms with van der Waals surface area (Å²) in [5.74, 6) is 0. The zero-order valence-electron chi connectivity index (χ0n) is 15.3. The summed E-state index contributed by atoms with van der Waals surface area (Å²) in [5, 5.41) is 0. The molecule has 0 fully saturated rings. The molecule has 2 aromatic rings. The minimum atomic E-state index is -4.24. The molecule has 29 heavy (non-hydrogen) atoms. The molecule has 0 bridgehead atoms. The average molecular weight is 592 g/mol. The van der Waals surface area contributed by atoms with Gasteiger partial charge in [0.05, 0.1) is 0 Å². The Morgan fingerprint density at radius 1 is 0.690 bits per heavy atom. The first-order chi connectivity index (χ1) is 13.2. The second-order valence-corrected chi connectivity index (χ2v) is 5.58. The van der Waals surface area contributed by atoms with Crippen LogP contribution in [0.25, 0.3) is 0 Å². The summed E-state index contributed by atoms with van der Waals surface area (Å²) in [6.45, 7) is 0. The van der Waals surface area contributed by atoms with E-state index in [1.807, 2.05) is 0 Å². The van der Waals surface area contributed by atoms with Crippen LogP contribution in [-0.2, 0) is 33.4 Å². The molecule has 0 nitrogen and oxygen atoms in total. The summed E-state index contributed by atoms with van der Waals surface area (Å²) in [7, 11) is 0. The second-order valence-electron chi connectivity index (χ2n) is 5.58. The van der Waals surface area contributed by atoms with E-state index in [1.165, 1.54) is 43.5 Å². The molecule has 0 saturated heterocycles. The molecule has 0 aromatic heterocycles. The minimum Gasteiger partial charge on any atom is -0.500 e. The van der Waals surface area contributed by atoms with E-state index in [1.54, 1.807) is 0 Å².